The maximum Gasteiger partial charge on any atom is 0.283 e. The number of halogens is 2. The molecule has 0 unspecified atom stereocenters. The third-order valence-corrected chi connectivity index (χ3v) is 5.20. The van der Waals surface area contributed by atoms with Crippen LogP contribution in [0.25, 0.3) is 10.1 Å². The Balaban J connectivity index is 1.80. The van der Waals surface area contributed by atoms with E-state index in [2.05, 4.69) is 10.5 Å². The molecule has 0 aliphatic rings. The first kappa shape index (κ1) is 16.8. The fourth-order valence-electron chi connectivity index (χ4n) is 2.17. The zero-order chi connectivity index (χ0) is 17.1. The molecule has 0 spiro atoms. The molecule has 1 heterocycles. The molecule has 122 valence electrons. The predicted octanol–water partition coefficient (Wildman–Crippen LogP) is 4.98. The first-order valence-corrected chi connectivity index (χ1v) is 8.51. The summed E-state index contributed by atoms with van der Waals surface area (Å²) in [6.07, 6.45) is 1.52. The van der Waals surface area contributed by atoms with E-state index >= 15 is 0 Å². The number of hydrogen-bond donors (Lipinski definition) is 1. The van der Waals surface area contributed by atoms with Crippen LogP contribution in [-0.2, 0) is 0 Å². The second-order valence-corrected chi connectivity index (χ2v) is 6.69. The number of nitrogens with one attached hydrogen (secondary N) is 1. The number of hydrazone groups is 1. The van der Waals surface area contributed by atoms with Gasteiger partial charge in [0.25, 0.3) is 5.91 Å². The highest BCUT2D eigenvalue weighted by Gasteiger charge is 2.16. The monoisotopic (exact) mass is 378 g/mol. The lowest BCUT2D eigenvalue weighted by molar-refractivity contribution is 0.0959. The van der Waals surface area contributed by atoms with Crippen LogP contribution in [0.2, 0.25) is 10.0 Å². The van der Waals surface area contributed by atoms with Gasteiger partial charge in [0.05, 0.1) is 18.3 Å². The molecule has 24 heavy (non-hydrogen) atoms. The average Bonchev–Trinajstić information content (AvgIpc) is 2.91. The van der Waals surface area contributed by atoms with Gasteiger partial charge >= 0.3 is 0 Å². The highest BCUT2D eigenvalue weighted by atomic mass is 35.5. The number of hydrogen-bond acceptors (Lipinski definition) is 4. The number of rotatable bonds is 4. The predicted molar refractivity (Wildman–Crippen MR) is 99.9 cm³/mol. The fourth-order valence-corrected chi connectivity index (χ4v) is 3.85. The van der Waals surface area contributed by atoms with Crippen LogP contribution in [0.4, 0.5) is 0 Å². The first-order valence-electron chi connectivity index (χ1n) is 6.94. The van der Waals surface area contributed by atoms with Gasteiger partial charge in [0.15, 0.2) is 0 Å². The number of carbonyl (C=O) groups is 1. The van der Waals surface area contributed by atoms with Crippen LogP contribution < -0.4 is 10.2 Å². The van der Waals surface area contributed by atoms with Crippen LogP contribution in [0.15, 0.2) is 47.6 Å². The van der Waals surface area contributed by atoms with Crippen LogP contribution in [0.3, 0.4) is 0 Å². The van der Waals surface area contributed by atoms with Gasteiger partial charge in [-0.2, -0.15) is 5.10 Å². The van der Waals surface area contributed by atoms with E-state index in [4.69, 9.17) is 27.9 Å². The van der Waals surface area contributed by atoms with Crippen molar-refractivity contribution in [2.75, 3.05) is 7.11 Å². The Morgan fingerprint density at radius 3 is 2.83 bits per heavy atom. The van der Waals surface area contributed by atoms with Gasteiger partial charge in [-0.15, -0.1) is 11.3 Å². The van der Waals surface area contributed by atoms with Gasteiger partial charge < -0.3 is 4.74 Å². The summed E-state index contributed by atoms with van der Waals surface area (Å²) in [5, 5.41) is 5.77. The Morgan fingerprint density at radius 2 is 2.04 bits per heavy atom. The third kappa shape index (κ3) is 3.38. The number of methoxy groups -OCH3 is 1. The molecule has 1 amide bonds. The lowest BCUT2D eigenvalue weighted by atomic mass is 10.2. The summed E-state index contributed by atoms with van der Waals surface area (Å²) < 4.78 is 6.08. The number of thiophene rings is 1. The number of carbonyl (C=O) groups excluding carboxylic acids is 1. The molecule has 0 fully saturated rings. The molecule has 3 aromatic rings. The van der Waals surface area contributed by atoms with Crippen molar-refractivity contribution in [1.82, 2.24) is 5.43 Å². The van der Waals surface area contributed by atoms with Gasteiger partial charge in [0.1, 0.15) is 10.6 Å². The van der Waals surface area contributed by atoms with E-state index in [0.29, 0.717) is 20.7 Å². The van der Waals surface area contributed by atoms with E-state index in [9.17, 15) is 4.79 Å². The van der Waals surface area contributed by atoms with Crippen molar-refractivity contribution < 1.29 is 9.53 Å². The van der Waals surface area contributed by atoms with Gasteiger partial charge in [-0.25, -0.2) is 5.43 Å². The van der Waals surface area contributed by atoms with Gasteiger partial charge in [0.2, 0.25) is 0 Å². The zero-order valence-corrected chi connectivity index (χ0v) is 14.9. The maximum atomic E-state index is 12.3. The molecular weight excluding hydrogens is 367 g/mol. The Hall–Kier alpha value is -2.08. The van der Waals surface area contributed by atoms with E-state index in [1.807, 2.05) is 24.3 Å². The Bertz CT molecular complexity index is 937. The van der Waals surface area contributed by atoms with Crippen molar-refractivity contribution in [3.05, 3.63) is 63.0 Å². The molecule has 0 saturated heterocycles. The number of amides is 1. The standard InChI is InChI=1S/C17H12Cl2N2O2S/c1-23-13-5-3-2-4-10(13)9-20-21-17(22)16-15(19)12-7-6-11(18)8-14(12)24-16/h2-9H,1H3,(H,21,22)/b20-9+. The van der Waals surface area contributed by atoms with Crippen molar-refractivity contribution in [3.63, 3.8) is 0 Å². The number of fused-ring (bicyclic) bond motifs is 1. The second-order valence-electron chi connectivity index (χ2n) is 4.83. The molecule has 0 radical (unpaired) electrons. The van der Waals surface area contributed by atoms with Crippen molar-refractivity contribution in [3.8, 4) is 5.75 Å². The summed E-state index contributed by atoms with van der Waals surface area (Å²) in [6.45, 7) is 0. The molecule has 0 atom stereocenters. The minimum atomic E-state index is -0.372. The average molecular weight is 379 g/mol. The molecule has 4 nitrogen and oxygen atoms in total. The van der Waals surface area contributed by atoms with E-state index < -0.39 is 0 Å². The van der Waals surface area contributed by atoms with Crippen LogP contribution in [0, 0.1) is 0 Å². The van der Waals surface area contributed by atoms with E-state index in [1.54, 1.807) is 25.3 Å². The highest BCUT2D eigenvalue weighted by molar-refractivity contribution is 7.21. The van der Waals surface area contributed by atoms with Gasteiger partial charge in [0, 0.05) is 20.7 Å². The van der Waals surface area contributed by atoms with Crippen LogP contribution in [-0.4, -0.2) is 19.2 Å². The van der Waals surface area contributed by atoms with Gasteiger partial charge in [-0.3, -0.25) is 4.79 Å². The largest absolute Gasteiger partial charge is 0.496 e. The molecule has 0 saturated carbocycles. The molecule has 3 rings (SSSR count). The Kier molecular flexibility index (Phi) is 5.04. The smallest absolute Gasteiger partial charge is 0.283 e. The number of ether oxygens (including phenoxy) is 1. The third-order valence-electron chi connectivity index (χ3n) is 3.31. The van der Waals surface area contributed by atoms with Crippen molar-refractivity contribution >= 4 is 56.7 Å². The Labute approximate surface area is 152 Å². The molecule has 0 aliphatic carbocycles. The molecule has 2 aromatic carbocycles. The molecule has 0 bridgehead atoms. The first-order chi connectivity index (χ1) is 11.6. The van der Waals surface area contributed by atoms with Crippen molar-refractivity contribution in [2.45, 2.75) is 0 Å². The van der Waals surface area contributed by atoms with E-state index in [1.165, 1.54) is 17.6 Å². The van der Waals surface area contributed by atoms with Gasteiger partial charge in [-0.05, 0) is 24.3 Å². The highest BCUT2D eigenvalue weighted by Crippen LogP contribution is 2.36. The van der Waals surface area contributed by atoms with Crippen molar-refractivity contribution in [1.29, 1.82) is 0 Å². The van der Waals surface area contributed by atoms with Crippen molar-refractivity contribution in [2.24, 2.45) is 5.10 Å². The fraction of sp³-hybridized carbons (Fsp3) is 0.0588. The summed E-state index contributed by atoms with van der Waals surface area (Å²) in [6, 6.07) is 12.7. The van der Waals surface area contributed by atoms with Crippen LogP contribution in [0.1, 0.15) is 15.2 Å². The number of benzene rings is 2. The summed E-state index contributed by atoms with van der Waals surface area (Å²) in [7, 11) is 1.58. The number of nitrogens with zero attached hydrogens (tertiary/aromatic N) is 1. The van der Waals surface area contributed by atoms with E-state index in [0.717, 1.165) is 15.6 Å². The van der Waals surface area contributed by atoms with Crippen LogP contribution in [0.5, 0.6) is 5.75 Å². The molecule has 0 aliphatic heterocycles. The summed E-state index contributed by atoms with van der Waals surface area (Å²) >= 11 is 13.5. The minimum Gasteiger partial charge on any atom is -0.496 e. The quantitative estimate of drug-likeness (QED) is 0.513. The second kappa shape index (κ2) is 7.21. The van der Waals surface area contributed by atoms with Gasteiger partial charge in [-0.1, -0.05) is 41.4 Å². The zero-order valence-electron chi connectivity index (χ0n) is 12.5. The van der Waals surface area contributed by atoms with E-state index in [-0.39, 0.29) is 5.91 Å². The lowest BCUT2D eigenvalue weighted by Crippen LogP contribution is -2.16. The lowest BCUT2D eigenvalue weighted by Gasteiger charge is -2.03. The number of para-hydroxylation sites is 1. The molecule has 1 aromatic heterocycles. The Morgan fingerprint density at radius 1 is 1.25 bits per heavy atom. The normalized spacial score (nSPS) is 11.1. The topological polar surface area (TPSA) is 50.7 Å². The molecule has 1 N–H and O–H groups in total. The maximum absolute atomic E-state index is 12.3. The summed E-state index contributed by atoms with van der Waals surface area (Å²) in [5.74, 6) is 0.300. The molecular formula is C17H12Cl2N2O2S. The molecule has 7 heteroatoms. The minimum absolute atomic E-state index is 0.372. The summed E-state index contributed by atoms with van der Waals surface area (Å²) in [4.78, 5) is 12.7. The van der Waals surface area contributed by atoms with Crippen LogP contribution >= 0.6 is 34.5 Å². The summed E-state index contributed by atoms with van der Waals surface area (Å²) in [5.41, 5.74) is 3.24. The SMILES string of the molecule is COc1ccccc1/C=N/NC(=O)c1sc2cc(Cl)ccc2c1Cl.